The first-order chi connectivity index (χ1) is 14.3. The largest absolute Gasteiger partial charge is 0.342 e. The van der Waals surface area contributed by atoms with Crippen LogP contribution in [0.1, 0.15) is 77.2 Å². The van der Waals surface area contributed by atoms with Crippen LogP contribution < -0.4 is 0 Å². The number of rotatable bonds is 2. The highest BCUT2D eigenvalue weighted by Crippen LogP contribution is 2.68. The minimum absolute atomic E-state index is 0.319. The molecule has 5 rings (SSSR count). The van der Waals surface area contributed by atoms with E-state index >= 15 is 0 Å². The van der Waals surface area contributed by atoms with Crippen LogP contribution in [0.15, 0.2) is 29.2 Å². The molecule has 8 atom stereocenters. The zero-order chi connectivity index (χ0) is 21.3. The van der Waals surface area contributed by atoms with Gasteiger partial charge in [0.15, 0.2) is 0 Å². The highest BCUT2D eigenvalue weighted by molar-refractivity contribution is 7.98. The third-order valence-electron chi connectivity index (χ3n) is 10.4. The lowest BCUT2D eigenvalue weighted by Gasteiger charge is -2.63. The number of fused-ring (bicyclic) bond motifs is 5. The second-order valence-electron chi connectivity index (χ2n) is 11.5. The quantitative estimate of drug-likeness (QED) is 0.497. The third kappa shape index (κ3) is 2.86. The number of hydrogen-bond acceptors (Lipinski definition) is 2. The number of carbonyl (C=O) groups excluding carboxylic acids is 1. The fourth-order valence-electron chi connectivity index (χ4n) is 8.85. The van der Waals surface area contributed by atoms with Crippen molar-refractivity contribution in [1.82, 2.24) is 4.90 Å². The molecule has 0 N–H and O–H groups in total. The van der Waals surface area contributed by atoms with Crippen LogP contribution in [0.5, 0.6) is 0 Å². The lowest BCUT2D eigenvalue weighted by Crippen LogP contribution is -2.63. The van der Waals surface area contributed by atoms with E-state index in [9.17, 15) is 4.79 Å². The Labute approximate surface area is 187 Å². The van der Waals surface area contributed by atoms with Crippen molar-refractivity contribution in [2.24, 2.45) is 34.5 Å². The van der Waals surface area contributed by atoms with E-state index in [4.69, 9.17) is 0 Å². The fraction of sp³-hybridized carbons (Fsp3) is 0.741. The summed E-state index contributed by atoms with van der Waals surface area (Å²) in [7, 11) is 2.08. The first-order valence-electron chi connectivity index (χ1n) is 12.2. The monoisotopic (exact) mass is 425 g/mol. The number of hydrogen-bond donors (Lipinski definition) is 0. The zero-order valence-corrected chi connectivity index (χ0v) is 20.3. The van der Waals surface area contributed by atoms with Gasteiger partial charge in [0.05, 0.1) is 0 Å². The summed E-state index contributed by atoms with van der Waals surface area (Å²) in [6.07, 6.45) is 10.7. The van der Waals surface area contributed by atoms with Gasteiger partial charge >= 0.3 is 0 Å². The van der Waals surface area contributed by atoms with Crippen LogP contribution in [0.25, 0.3) is 0 Å². The molecule has 3 aliphatic carbocycles. The fourth-order valence-corrected chi connectivity index (χ4v) is 9.25. The summed E-state index contributed by atoms with van der Waals surface area (Å²) in [5, 5.41) is 0. The van der Waals surface area contributed by atoms with Gasteiger partial charge in [-0.25, -0.2) is 0 Å². The van der Waals surface area contributed by atoms with Crippen molar-refractivity contribution in [3.05, 3.63) is 29.8 Å². The van der Waals surface area contributed by atoms with Gasteiger partial charge in [0.25, 0.3) is 0 Å². The smallest absolute Gasteiger partial charge is 0.222 e. The molecule has 0 bridgehead atoms. The summed E-state index contributed by atoms with van der Waals surface area (Å²) < 4.78 is 0. The maximum atomic E-state index is 12.5. The number of carbonyl (C=O) groups is 1. The van der Waals surface area contributed by atoms with Crippen LogP contribution in [-0.2, 0) is 4.79 Å². The predicted octanol–water partition coefficient (Wildman–Crippen LogP) is 6.60. The lowest BCUT2D eigenvalue weighted by molar-refractivity contribution is -0.165. The normalized spacial score (nSPS) is 45.6. The molecule has 1 heterocycles. The molecule has 1 amide bonds. The molecule has 2 nitrogen and oxygen atoms in total. The van der Waals surface area contributed by atoms with Crippen molar-refractivity contribution in [2.45, 2.75) is 82.6 Å². The van der Waals surface area contributed by atoms with Crippen molar-refractivity contribution in [2.75, 3.05) is 13.3 Å². The Bertz CT molecular complexity index is 821. The average molecular weight is 426 g/mol. The van der Waals surface area contributed by atoms with Crippen molar-refractivity contribution in [3.63, 3.8) is 0 Å². The van der Waals surface area contributed by atoms with Crippen molar-refractivity contribution < 1.29 is 4.79 Å². The van der Waals surface area contributed by atoms with Crippen LogP contribution in [-0.4, -0.2) is 30.2 Å². The molecule has 164 valence electrons. The summed E-state index contributed by atoms with van der Waals surface area (Å²) in [6.45, 7) is 7.68. The minimum atomic E-state index is 0.319. The maximum Gasteiger partial charge on any atom is 0.222 e. The molecule has 0 radical (unpaired) electrons. The van der Waals surface area contributed by atoms with Crippen LogP contribution >= 0.6 is 11.8 Å². The minimum Gasteiger partial charge on any atom is -0.342 e. The lowest BCUT2D eigenvalue weighted by atomic mass is 9.44. The van der Waals surface area contributed by atoms with Gasteiger partial charge in [-0.05, 0) is 103 Å². The van der Waals surface area contributed by atoms with Gasteiger partial charge in [-0.1, -0.05) is 32.9 Å². The molecule has 3 heteroatoms. The number of benzene rings is 1. The molecule has 1 saturated heterocycles. The first kappa shape index (κ1) is 20.9. The third-order valence-corrected chi connectivity index (χ3v) is 11.2. The molecule has 0 unspecified atom stereocenters. The molecule has 1 aromatic rings. The second-order valence-corrected chi connectivity index (χ2v) is 12.4. The molecule has 3 saturated carbocycles. The van der Waals surface area contributed by atoms with E-state index in [0.717, 1.165) is 36.5 Å². The van der Waals surface area contributed by atoms with Crippen LogP contribution in [0.3, 0.4) is 0 Å². The van der Waals surface area contributed by atoms with Crippen LogP contribution in [0.4, 0.5) is 0 Å². The number of nitrogens with zero attached hydrogens (tertiary/aromatic N) is 1. The van der Waals surface area contributed by atoms with E-state index < -0.39 is 0 Å². The Morgan fingerprint density at radius 1 is 1.00 bits per heavy atom. The zero-order valence-electron chi connectivity index (χ0n) is 19.5. The Hall–Kier alpha value is -0.960. The summed E-state index contributed by atoms with van der Waals surface area (Å²) in [6, 6.07) is 9.94. The molecule has 30 heavy (non-hydrogen) atoms. The topological polar surface area (TPSA) is 20.3 Å². The molecule has 0 spiro atoms. The summed E-state index contributed by atoms with van der Waals surface area (Å²) in [4.78, 5) is 16.0. The first-order valence-corrected chi connectivity index (χ1v) is 13.4. The summed E-state index contributed by atoms with van der Waals surface area (Å²) in [5.41, 5.74) is 2.33. The molecule has 1 aliphatic heterocycles. The van der Waals surface area contributed by atoms with Gasteiger partial charge < -0.3 is 4.90 Å². The van der Waals surface area contributed by atoms with Gasteiger partial charge in [0, 0.05) is 24.4 Å². The Kier molecular flexibility index (Phi) is 5.08. The van der Waals surface area contributed by atoms with Crippen molar-refractivity contribution in [3.8, 4) is 0 Å². The number of piperidine rings is 1. The van der Waals surface area contributed by atoms with Gasteiger partial charge in [0.2, 0.25) is 5.91 Å². The van der Waals surface area contributed by atoms with Gasteiger partial charge in [0.1, 0.15) is 0 Å². The van der Waals surface area contributed by atoms with E-state index in [1.165, 1.54) is 37.0 Å². The van der Waals surface area contributed by atoms with Crippen LogP contribution in [0.2, 0.25) is 0 Å². The van der Waals surface area contributed by atoms with E-state index in [-0.39, 0.29) is 0 Å². The number of amides is 1. The number of likely N-dealkylation sites (tertiary alicyclic amines) is 1. The Balaban J connectivity index is 1.45. The number of thioether (sulfide) groups is 1. The van der Waals surface area contributed by atoms with Crippen molar-refractivity contribution in [1.29, 1.82) is 0 Å². The molecule has 4 aliphatic rings. The van der Waals surface area contributed by atoms with Crippen molar-refractivity contribution >= 4 is 17.7 Å². The SMILES string of the molecule is CSc1ccc([C@H]2CC[C@H]3[C@@H]4[C@@H](C)C[C@H]5N(C)C(=O)CC[C@]5(C)[C@H]4CC[C@]23C)cc1. The Morgan fingerprint density at radius 3 is 2.40 bits per heavy atom. The average Bonchev–Trinajstić information content (AvgIpc) is 3.10. The van der Waals surface area contributed by atoms with Gasteiger partial charge in [-0.2, -0.15) is 0 Å². The summed E-state index contributed by atoms with van der Waals surface area (Å²) in [5.74, 6) is 4.28. The van der Waals surface area contributed by atoms with Crippen LogP contribution in [0, 0.1) is 34.5 Å². The summed E-state index contributed by atoms with van der Waals surface area (Å²) >= 11 is 1.84. The predicted molar refractivity (Wildman–Crippen MR) is 126 cm³/mol. The highest BCUT2D eigenvalue weighted by Gasteiger charge is 2.62. The molecule has 1 aromatic carbocycles. The van der Waals surface area contributed by atoms with E-state index in [1.54, 1.807) is 5.56 Å². The van der Waals surface area contributed by atoms with E-state index in [2.05, 4.69) is 63.2 Å². The maximum absolute atomic E-state index is 12.5. The van der Waals surface area contributed by atoms with Gasteiger partial charge in [-0.15, -0.1) is 11.8 Å². The molecule has 4 fully saturated rings. The van der Waals surface area contributed by atoms with E-state index in [0.29, 0.717) is 28.7 Å². The van der Waals surface area contributed by atoms with Gasteiger partial charge in [-0.3, -0.25) is 4.79 Å². The molecular weight excluding hydrogens is 386 g/mol. The van der Waals surface area contributed by atoms with E-state index in [1.807, 2.05) is 11.8 Å². The highest BCUT2D eigenvalue weighted by atomic mass is 32.2. The molecule has 0 aromatic heterocycles. The molecular formula is C27H39NOS. The standard InChI is InChI=1S/C27H39NOS/c1-17-16-23-27(3,15-13-24(29)28(23)4)22-12-14-26(2)20(10-11-21(26)25(17)22)18-6-8-19(30-5)9-7-18/h6-9,17,20-23,25H,10-16H2,1-5H3/t17-,20+,21-,22-,23+,25-,26+,27+/m0/s1. The Morgan fingerprint density at radius 2 is 1.70 bits per heavy atom. The second kappa shape index (κ2) is 7.29.